The molecule has 4 heteroatoms. The maximum absolute atomic E-state index is 11.4. The van der Waals surface area contributed by atoms with Crippen molar-refractivity contribution in [2.24, 2.45) is 0 Å². The van der Waals surface area contributed by atoms with Gasteiger partial charge in [0, 0.05) is 19.6 Å². The van der Waals surface area contributed by atoms with E-state index in [0.717, 1.165) is 32.6 Å². The van der Waals surface area contributed by atoms with Crippen LogP contribution in [0.2, 0.25) is 0 Å². The van der Waals surface area contributed by atoms with Gasteiger partial charge in [0.15, 0.2) is 0 Å². The first kappa shape index (κ1) is 10.3. The topological polar surface area (TPSA) is 41.6 Å². The SMILES string of the molecule is CCN(CC)C(=O)O[C@@H]1CCNC1. The van der Waals surface area contributed by atoms with Crippen molar-refractivity contribution in [3.63, 3.8) is 0 Å². The summed E-state index contributed by atoms with van der Waals surface area (Å²) in [7, 11) is 0. The van der Waals surface area contributed by atoms with Crippen molar-refractivity contribution < 1.29 is 9.53 Å². The van der Waals surface area contributed by atoms with E-state index in [1.807, 2.05) is 13.8 Å². The van der Waals surface area contributed by atoms with E-state index in [2.05, 4.69) is 5.32 Å². The zero-order chi connectivity index (χ0) is 9.68. The molecular formula is C9H18N2O2. The minimum absolute atomic E-state index is 0.0769. The Labute approximate surface area is 79.2 Å². The lowest BCUT2D eigenvalue weighted by Gasteiger charge is -2.20. The molecule has 76 valence electrons. The summed E-state index contributed by atoms with van der Waals surface area (Å²) in [6.07, 6.45) is 0.833. The standard InChI is InChI=1S/C9H18N2O2/c1-3-11(4-2)9(12)13-8-5-6-10-7-8/h8,10H,3-7H2,1-2H3/t8-/m1/s1. The van der Waals surface area contributed by atoms with Crippen LogP contribution < -0.4 is 5.32 Å². The molecule has 0 aliphatic carbocycles. The number of nitrogens with one attached hydrogen (secondary N) is 1. The highest BCUT2D eigenvalue weighted by molar-refractivity contribution is 5.67. The second-order valence-corrected chi connectivity index (χ2v) is 3.17. The van der Waals surface area contributed by atoms with Gasteiger partial charge in [-0.15, -0.1) is 0 Å². The summed E-state index contributed by atoms with van der Waals surface area (Å²) in [6.45, 7) is 7.10. The van der Waals surface area contributed by atoms with Crippen LogP contribution in [0.1, 0.15) is 20.3 Å². The minimum Gasteiger partial charge on any atom is -0.445 e. The number of carbonyl (C=O) groups excluding carboxylic acids is 1. The average molecular weight is 186 g/mol. The molecular weight excluding hydrogens is 168 g/mol. The molecule has 0 aromatic carbocycles. The maximum Gasteiger partial charge on any atom is 0.410 e. The van der Waals surface area contributed by atoms with Crippen LogP contribution in [0, 0.1) is 0 Å². The van der Waals surface area contributed by atoms with E-state index in [-0.39, 0.29) is 12.2 Å². The quantitative estimate of drug-likeness (QED) is 0.709. The van der Waals surface area contributed by atoms with E-state index >= 15 is 0 Å². The largest absolute Gasteiger partial charge is 0.445 e. The number of nitrogens with zero attached hydrogens (tertiary/aromatic N) is 1. The molecule has 1 amide bonds. The number of amides is 1. The summed E-state index contributed by atoms with van der Waals surface area (Å²) in [5.74, 6) is 0. The Balaban J connectivity index is 2.29. The molecule has 0 saturated carbocycles. The first-order valence-corrected chi connectivity index (χ1v) is 4.94. The third-order valence-electron chi connectivity index (χ3n) is 2.30. The normalized spacial score (nSPS) is 21.5. The Morgan fingerprint density at radius 2 is 2.23 bits per heavy atom. The fourth-order valence-corrected chi connectivity index (χ4v) is 1.43. The highest BCUT2D eigenvalue weighted by Gasteiger charge is 2.20. The van der Waals surface area contributed by atoms with Gasteiger partial charge in [-0.2, -0.15) is 0 Å². The van der Waals surface area contributed by atoms with Crippen LogP contribution in [0.5, 0.6) is 0 Å². The molecule has 0 radical (unpaired) electrons. The molecule has 1 fully saturated rings. The molecule has 1 aliphatic heterocycles. The first-order valence-electron chi connectivity index (χ1n) is 4.94. The highest BCUT2D eigenvalue weighted by Crippen LogP contribution is 2.05. The molecule has 1 atom stereocenters. The van der Waals surface area contributed by atoms with Crippen LogP contribution in [-0.4, -0.2) is 43.3 Å². The minimum atomic E-state index is -0.182. The van der Waals surface area contributed by atoms with Gasteiger partial charge in [-0.05, 0) is 26.8 Å². The molecule has 0 bridgehead atoms. The molecule has 4 nitrogen and oxygen atoms in total. The third-order valence-corrected chi connectivity index (χ3v) is 2.30. The zero-order valence-electron chi connectivity index (χ0n) is 8.38. The maximum atomic E-state index is 11.4. The van der Waals surface area contributed by atoms with Crippen molar-refractivity contribution >= 4 is 6.09 Å². The summed E-state index contributed by atoms with van der Waals surface area (Å²) in [5.41, 5.74) is 0. The first-order chi connectivity index (χ1) is 6.27. The Hall–Kier alpha value is -0.770. The molecule has 1 heterocycles. The molecule has 0 aromatic heterocycles. The van der Waals surface area contributed by atoms with Crippen LogP contribution in [0.15, 0.2) is 0 Å². The summed E-state index contributed by atoms with van der Waals surface area (Å²) >= 11 is 0. The van der Waals surface area contributed by atoms with E-state index in [9.17, 15) is 4.79 Å². The number of rotatable bonds is 3. The van der Waals surface area contributed by atoms with Gasteiger partial charge in [-0.1, -0.05) is 0 Å². The lowest BCUT2D eigenvalue weighted by Crippen LogP contribution is -2.34. The summed E-state index contributed by atoms with van der Waals surface area (Å²) in [4.78, 5) is 13.1. The highest BCUT2D eigenvalue weighted by atomic mass is 16.6. The fourth-order valence-electron chi connectivity index (χ4n) is 1.43. The van der Waals surface area contributed by atoms with Crippen LogP contribution in [0.25, 0.3) is 0 Å². The summed E-state index contributed by atoms with van der Waals surface area (Å²) in [6, 6.07) is 0. The Bertz CT molecular complexity index is 163. The van der Waals surface area contributed by atoms with Gasteiger partial charge in [0.05, 0.1) is 0 Å². The second-order valence-electron chi connectivity index (χ2n) is 3.17. The molecule has 1 rings (SSSR count). The van der Waals surface area contributed by atoms with Gasteiger partial charge < -0.3 is 15.0 Å². The van der Waals surface area contributed by atoms with Crippen LogP contribution in [-0.2, 0) is 4.74 Å². The van der Waals surface area contributed by atoms with Gasteiger partial charge in [-0.25, -0.2) is 4.79 Å². The van der Waals surface area contributed by atoms with Crippen molar-refractivity contribution in [2.75, 3.05) is 26.2 Å². The van der Waals surface area contributed by atoms with Gasteiger partial charge in [0.25, 0.3) is 0 Å². The number of hydrogen-bond acceptors (Lipinski definition) is 3. The van der Waals surface area contributed by atoms with Crippen molar-refractivity contribution in [3.8, 4) is 0 Å². The van der Waals surface area contributed by atoms with E-state index in [1.54, 1.807) is 4.90 Å². The Morgan fingerprint density at radius 1 is 1.54 bits per heavy atom. The molecule has 1 aliphatic rings. The summed E-state index contributed by atoms with van der Waals surface area (Å²) < 4.78 is 5.28. The van der Waals surface area contributed by atoms with E-state index in [0.29, 0.717) is 0 Å². The average Bonchev–Trinajstić information content (AvgIpc) is 2.59. The van der Waals surface area contributed by atoms with Crippen molar-refractivity contribution in [1.29, 1.82) is 0 Å². The fraction of sp³-hybridized carbons (Fsp3) is 0.889. The van der Waals surface area contributed by atoms with E-state index in [4.69, 9.17) is 4.74 Å². The number of hydrogen-bond donors (Lipinski definition) is 1. The monoisotopic (exact) mass is 186 g/mol. The number of carbonyl (C=O) groups is 1. The smallest absolute Gasteiger partial charge is 0.410 e. The zero-order valence-corrected chi connectivity index (χ0v) is 8.38. The molecule has 1 saturated heterocycles. The summed E-state index contributed by atoms with van der Waals surface area (Å²) in [5, 5.41) is 3.16. The lowest BCUT2D eigenvalue weighted by atomic mass is 10.3. The van der Waals surface area contributed by atoms with Gasteiger partial charge in [0.1, 0.15) is 6.10 Å². The predicted octanol–water partition coefficient (Wildman–Crippen LogP) is 0.827. The van der Waals surface area contributed by atoms with Crippen LogP contribution in [0.3, 0.4) is 0 Å². The Kier molecular flexibility index (Phi) is 4.02. The van der Waals surface area contributed by atoms with Crippen molar-refractivity contribution in [3.05, 3.63) is 0 Å². The molecule has 13 heavy (non-hydrogen) atoms. The molecule has 0 aromatic rings. The van der Waals surface area contributed by atoms with E-state index in [1.165, 1.54) is 0 Å². The molecule has 0 unspecified atom stereocenters. The van der Waals surface area contributed by atoms with Gasteiger partial charge in [-0.3, -0.25) is 0 Å². The van der Waals surface area contributed by atoms with Crippen molar-refractivity contribution in [1.82, 2.24) is 10.2 Å². The van der Waals surface area contributed by atoms with E-state index < -0.39 is 0 Å². The third kappa shape index (κ3) is 2.88. The number of ether oxygens (including phenoxy) is 1. The van der Waals surface area contributed by atoms with Gasteiger partial charge in [0.2, 0.25) is 0 Å². The van der Waals surface area contributed by atoms with Gasteiger partial charge >= 0.3 is 6.09 Å². The predicted molar refractivity (Wildman–Crippen MR) is 50.7 cm³/mol. The van der Waals surface area contributed by atoms with Crippen molar-refractivity contribution in [2.45, 2.75) is 26.4 Å². The second kappa shape index (κ2) is 5.07. The molecule has 0 spiro atoms. The van der Waals surface area contributed by atoms with Crippen LogP contribution in [0.4, 0.5) is 4.79 Å². The Morgan fingerprint density at radius 3 is 2.69 bits per heavy atom. The van der Waals surface area contributed by atoms with Crippen LogP contribution >= 0.6 is 0 Å². The lowest BCUT2D eigenvalue weighted by molar-refractivity contribution is 0.0733. The molecule has 1 N–H and O–H groups in total.